The quantitative estimate of drug-likeness (QED) is 0.364. The lowest BCUT2D eigenvalue weighted by molar-refractivity contribution is -0.497. The Kier molecular flexibility index (Phi) is 7.78. The van der Waals surface area contributed by atoms with E-state index in [9.17, 15) is 18.7 Å². The Bertz CT molecular complexity index is 1160. The van der Waals surface area contributed by atoms with Gasteiger partial charge in [-0.25, -0.2) is 13.8 Å². The third kappa shape index (κ3) is 7.54. The minimum absolute atomic E-state index is 0.0880. The van der Waals surface area contributed by atoms with E-state index in [1.807, 2.05) is 45.0 Å². The van der Waals surface area contributed by atoms with Crippen LogP contribution < -0.4 is 15.0 Å². The minimum atomic E-state index is -0.691. The predicted octanol–water partition coefficient (Wildman–Crippen LogP) is 3.39. The zero-order valence-corrected chi connectivity index (χ0v) is 19.1. The van der Waals surface area contributed by atoms with Crippen molar-refractivity contribution in [2.24, 2.45) is 0 Å². The van der Waals surface area contributed by atoms with E-state index in [-0.39, 0.29) is 29.8 Å². The number of benzene rings is 2. The first-order valence-electron chi connectivity index (χ1n) is 10.5. The number of aliphatic hydroxyl groups is 1. The third-order valence-electron chi connectivity index (χ3n) is 4.41. The number of hydrogen-bond donors (Lipinski definition) is 3. The molecule has 0 radical (unpaired) electrons. The maximum Gasteiger partial charge on any atom is 0.545 e. The Hall–Kier alpha value is -4.01. The van der Waals surface area contributed by atoms with Crippen molar-refractivity contribution in [2.45, 2.75) is 39.5 Å². The molecule has 9 heteroatoms. The van der Waals surface area contributed by atoms with Crippen LogP contribution in [0.1, 0.15) is 42.3 Å². The van der Waals surface area contributed by atoms with Crippen molar-refractivity contribution in [1.82, 2.24) is 10.3 Å². The molecule has 1 amide bonds. The summed E-state index contributed by atoms with van der Waals surface area (Å²) in [7, 11) is 0. The first-order valence-corrected chi connectivity index (χ1v) is 10.5. The number of pyridine rings is 1. The van der Waals surface area contributed by atoms with Crippen molar-refractivity contribution >= 4 is 12.0 Å². The Balaban J connectivity index is 1.61. The Morgan fingerprint density at radius 2 is 1.68 bits per heavy atom. The molecule has 3 N–H and O–H groups in total. The number of halogens is 2. The lowest BCUT2D eigenvalue weighted by Gasteiger charge is -2.15. The largest absolute Gasteiger partial charge is 0.545 e. The van der Waals surface area contributed by atoms with Crippen molar-refractivity contribution in [3.05, 3.63) is 89.1 Å². The first-order chi connectivity index (χ1) is 16.1. The molecule has 1 aromatic heterocycles. The summed E-state index contributed by atoms with van der Waals surface area (Å²) < 4.78 is 37.7. The van der Waals surface area contributed by atoms with Gasteiger partial charge >= 0.3 is 6.08 Å². The highest BCUT2D eigenvalue weighted by Gasteiger charge is 2.18. The summed E-state index contributed by atoms with van der Waals surface area (Å²) in [5.74, 6) is -1.54. The molecule has 0 aliphatic heterocycles. The van der Waals surface area contributed by atoms with Gasteiger partial charge in [-0.2, -0.15) is 4.99 Å². The van der Waals surface area contributed by atoms with E-state index in [1.54, 1.807) is 0 Å². The fourth-order valence-electron chi connectivity index (χ4n) is 2.84. The van der Waals surface area contributed by atoms with Gasteiger partial charge in [0.1, 0.15) is 28.5 Å². The molecule has 178 valence electrons. The molecular formula is C25H26F2N3O4+. The van der Waals surface area contributed by atoms with Gasteiger partial charge in [-0.1, -0.05) is 24.3 Å². The lowest BCUT2D eigenvalue weighted by atomic mass is 10.1. The number of carbonyl (C=O) groups excluding carboxylic acids is 1. The highest BCUT2D eigenvalue weighted by Crippen LogP contribution is 2.24. The SMILES string of the molecule is CC(C)(C)OC(O)=[NH+]Cc1ccc(CNC(=O)c2cc(F)cnc2Oc2ccc(F)cc2)cc1. The smallest absolute Gasteiger partial charge is 0.438 e. The second kappa shape index (κ2) is 10.7. The molecule has 7 nitrogen and oxygen atoms in total. The number of aromatic nitrogens is 1. The molecule has 0 bridgehead atoms. The molecule has 3 aromatic rings. The summed E-state index contributed by atoms with van der Waals surface area (Å²) in [5, 5.41) is 12.5. The summed E-state index contributed by atoms with van der Waals surface area (Å²) in [5.41, 5.74) is 1.10. The number of rotatable bonds is 7. The standard InChI is InChI=1S/C25H25F2N3O4/c1-25(2,3)34-24(32)30-14-17-6-4-16(5-7-17)13-28-22(31)21-12-19(27)15-29-23(21)33-20-10-8-18(26)9-11-20/h4-12,15H,13-14H2,1-3H3,(H,28,31)(H,30,32)/p+1. The van der Waals surface area contributed by atoms with Crippen molar-refractivity contribution in [2.75, 3.05) is 0 Å². The molecule has 0 saturated heterocycles. The van der Waals surface area contributed by atoms with E-state index in [0.29, 0.717) is 6.54 Å². The van der Waals surface area contributed by atoms with E-state index in [1.165, 1.54) is 24.3 Å². The van der Waals surface area contributed by atoms with Gasteiger partial charge in [0.2, 0.25) is 5.88 Å². The second-order valence-corrected chi connectivity index (χ2v) is 8.43. The molecule has 0 unspecified atom stereocenters. The average molecular weight is 470 g/mol. The minimum Gasteiger partial charge on any atom is -0.438 e. The normalized spacial score (nSPS) is 11.7. The van der Waals surface area contributed by atoms with Crippen LogP contribution in [0.15, 0.2) is 60.8 Å². The van der Waals surface area contributed by atoms with Crippen molar-refractivity contribution in [3.63, 3.8) is 0 Å². The monoisotopic (exact) mass is 470 g/mol. The Labute approximate surface area is 196 Å². The van der Waals surface area contributed by atoms with Crippen LogP contribution in [-0.2, 0) is 17.8 Å². The number of carbonyl (C=O) groups is 1. The second-order valence-electron chi connectivity index (χ2n) is 8.43. The van der Waals surface area contributed by atoms with Crippen molar-refractivity contribution in [1.29, 1.82) is 0 Å². The summed E-state index contributed by atoms with van der Waals surface area (Å²) in [6.45, 7) is 6.01. The number of aliphatic hydroxyl groups excluding tert-OH is 1. The van der Waals surface area contributed by atoms with E-state index in [0.717, 1.165) is 23.4 Å². The Morgan fingerprint density at radius 1 is 1.03 bits per heavy atom. The van der Waals surface area contributed by atoms with Crippen LogP contribution in [0.4, 0.5) is 8.78 Å². The van der Waals surface area contributed by atoms with Crippen LogP contribution in [0.3, 0.4) is 0 Å². The Morgan fingerprint density at radius 3 is 2.32 bits per heavy atom. The molecule has 34 heavy (non-hydrogen) atoms. The number of nitrogens with one attached hydrogen (secondary N) is 2. The van der Waals surface area contributed by atoms with Crippen molar-refractivity contribution in [3.8, 4) is 11.6 Å². The summed E-state index contributed by atoms with van der Waals surface area (Å²) in [6.07, 6.45) is 0.677. The van der Waals surface area contributed by atoms with Crippen LogP contribution in [0, 0.1) is 11.6 Å². The molecular weight excluding hydrogens is 444 g/mol. The maximum atomic E-state index is 13.7. The van der Waals surface area contributed by atoms with Gasteiger partial charge in [0, 0.05) is 12.1 Å². The molecule has 0 aliphatic rings. The van der Waals surface area contributed by atoms with Crippen LogP contribution in [-0.4, -0.2) is 27.7 Å². The fraction of sp³-hybridized carbons (Fsp3) is 0.240. The van der Waals surface area contributed by atoms with E-state index < -0.39 is 23.1 Å². The molecule has 0 fully saturated rings. The van der Waals surface area contributed by atoms with Crippen molar-refractivity contribution < 1.29 is 33.1 Å². The van der Waals surface area contributed by atoms with Gasteiger partial charge in [-0.05, 0) is 56.7 Å². The highest BCUT2D eigenvalue weighted by atomic mass is 19.1. The number of ether oxygens (including phenoxy) is 2. The average Bonchev–Trinajstić information content (AvgIpc) is 2.78. The summed E-state index contributed by atoms with van der Waals surface area (Å²) in [4.78, 5) is 19.3. The maximum absolute atomic E-state index is 13.7. The lowest BCUT2D eigenvalue weighted by Crippen LogP contribution is -2.72. The zero-order chi connectivity index (χ0) is 24.7. The van der Waals surface area contributed by atoms with Gasteiger partial charge in [-0.3, -0.25) is 4.79 Å². The van der Waals surface area contributed by atoms with Gasteiger partial charge in [0.05, 0.1) is 6.20 Å². The number of hydrogen-bond acceptors (Lipinski definition) is 4. The molecule has 3 rings (SSSR count). The van der Waals surface area contributed by atoms with Crippen LogP contribution >= 0.6 is 0 Å². The van der Waals surface area contributed by atoms with Gasteiger partial charge in [-0.15, -0.1) is 0 Å². The van der Waals surface area contributed by atoms with Gasteiger partial charge < -0.3 is 19.9 Å². The molecule has 0 saturated carbocycles. The first kappa shape index (κ1) is 24.6. The highest BCUT2D eigenvalue weighted by molar-refractivity contribution is 5.96. The van der Waals surface area contributed by atoms with E-state index in [4.69, 9.17) is 9.47 Å². The molecule has 0 atom stereocenters. The van der Waals surface area contributed by atoms with Gasteiger partial charge in [0.25, 0.3) is 5.91 Å². The fourth-order valence-corrected chi connectivity index (χ4v) is 2.84. The van der Waals surface area contributed by atoms with Crippen LogP contribution in [0.25, 0.3) is 0 Å². The van der Waals surface area contributed by atoms with E-state index in [2.05, 4.69) is 15.3 Å². The molecule has 0 aliphatic carbocycles. The molecule has 1 heterocycles. The predicted molar refractivity (Wildman–Crippen MR) is 121 cm³/mol. The third-order valence-corrected chi connectivity index (χ3v) is 4.41. The summed E-state index contributed by atoms with van der Waals surface area (Å²) >= 11 is 0. The number of nitrogens with zero attached hydrogens (tertiary/aromatic N) is 1. The summed E-state index contributed by atoms with van der Waals surface area (Å²) in [6, 6.07) is 13.5. The zero-order valence-electron chi connectivity index (χ0n) is 19.1. The van der Waals surface area contributed by atoms with Crippen LogP contribution in [0.5, 0.6) is 11.6 Å². The number of amides is 1. The molecule has 2 aromatic carbocycles. The molecule has 0 spiro atoms. The van der Waals surface area contributed by atoms with E-state index >= 15 is 0 Å². The topological polar surface area (TPSA) is 94.7 Å². The van der Waals surface area contributed by atoms with Gasteiger partial charge in [0.15, 0.2) is 6.54 Å². The van der Waals surface area contributed by atoms with Crippen LogP contribution in [0.2, 0.25) is 0 Å².